The minimum atomic E-state index is -0.635. The van der Waals surface area contributed by atoms with Crippen LogP contribution in [-0.4, -0.2) is 23.2 Å². The van der Waals surface area contributed by atoms with Gasteiger partial charge >= 0.3 is 5.97 Å². The van der Waals surface area contributed by atoms with Crippen LogP contribution in [0.2, 0.25) is 0 Å². The Morgan fingerprint density at radius 2 is 1.80 bits per heavy atom. The first-order valence-corrected chi connectivity index (χ1v) is 10.3. The molecule has 2 aromatic carbocycles. The summed E-state index contributed by atoms with van der Waals surface area (Å²) in [6.45, 7) is 6.73. The highest BCUT2D eigenvalue weighted by molar-refractivity contribution is 9.10. The number of H-pyrrole nitrogens is 1. The maximum Gasteiger partial charge on any atom is 0.344 e. The van der Waals surface area contributed by atoms with Crippen molar-refractivity contribution in [2.75, 3.05) is 6.61 Å². The van der Waals surface area contributed by atoms with Crippen LogP contribution in [0.25, 0.3) is 10.9 Å². The molecule has 0 unspecified atom stereocenters. The van der Waals surface area contributed by atoms with E-state index in [-0.39, 0.29) is 17.7 Å². The van der Waals surface area contributed by atoms with Crippen LogP contribution in [-0.2, 0) is 16.0 Å². The van der Waals surface area contributed by atoms with Gasteiger partial charge in [-0.1, -0.05) is 28.1 Å². The highest BCUT2D eigenvalue weighted by Gasteiger charge is 2.19. The molecule has 1 heterocycles. The monoisotopic (exact) mass is 475 g/mol. The van der Waals surface area contributed by atoms with Gasteiger partial charge in [0.05, 0.1) is 5.52 Å². The average molecular weight is 476 g/mol. The number of carbonyl (C=O) groups is 1. The number of carbonyl (C=O) groups excluding carboxylic acids is 1. The van der Waals surface area contributed by atoms with E-state index in [0.717, 1.165) is 10.0 Å². The molecule has 0 saturated carbocycles. The largest absolute Gasteiger partial charge is 0.481 e. The third-order valence-electron chi connectivity index (χ3n) is 4.52. The fourth-order valence-electron chi connectivity index (χ4n) is 3.21. The summed E-state index contributed by atoms with van der Waals surface area (Å²) >= 11 is 3.39. The zero-order valence-corrected chi connectivity index (χ0v) is 18.9. The number of halogens is 2. The van der Waals surface area contributed by atoms with Gasteiger partial charge in [-0.15, -0.1) is 0 Å². The summed E-state index contributed by atoms with van der Waals surface area (Å²) in [7, 11) is 0. The molecule has 5 nitrogen and oxygen atoms in total. The molecule has 3 aromatic rings. The van der Waals surface area contributed by atoms with Crippen molar-refractivity contribution in [2.24, 2.45) is 0 Å². The van der Waals surface area contributed by atoms with Crippen molar-refractivity contribution < 1.29 is 18.7 Å². The Hall–Kier alpha value is -2.67. The molecule has 0 radical (unpaired) electrons. The molecule has 0 fully saturated rings. The lowest BCUT2D eigenvalue weighted by atomic mass is 9.98. The normalized spacial score (nSPS) is 11.5. The average Bonchev–Trinajstić information content (AvgIpc) is 2.65. The molecule has 0 spiro atoms. The molecule has 0 aliphatic rings. The molecule has 30 heavy (non-hydrogen) atoms. The molecule has 7 heteroatoms. The smallest absolute Gasteiger partial charge is 0.344 e. The number of pyridine rings is 1. The summed E-state index contributed by atoms with van der Waals surface area (Å²) in [6, 6.07) is 10.3. The van der Waals surface area contributed by atoms with Crippen LogP contribution in [0.5, 0.6) is 5.75 Å². The first-order valence-electron chi connectivity index (χ1n) is 9.48. The van der Waals surface area contributed by atoms with Gasteiger partial charge < -0.3 is 14.5 Å². The Balaban J connectivity index is 2.00. The summed E-state index contributed by atoms with van der Waals surface area (Å²) < 4.78 is 26.3. The van der Waals surface area contributed by atoms with Crippen LogP contribution < -0.4 is 10.3 Å². The van der Waals surface area contributed by atoms with Crippen LogP contribution >= 0.6 is 15.9 Å². The minimum absolute atomic E-state index is 0.0544. The number of fused-ring (bicyclic) bond motifs is 1. The van der Waals surface area contributed by atoms with E-state index in [9.17, 15) is 14.0 Å². The second-order valence-electron chi connectivity index (χ2n) is 8.03. The van der Waals surface area contributed by atoms with Gasteiger partial charge in [0.25, 0.3) is 5.56 Å². The molecule has 1 aromatic heterocycles. The Bertz CT molecular complexity index is 1150. The fourth-order valence-corrected chi connectivity index (χ4v) is 3.47. The summed E-state index contributed by atoms with van der Waals surface area (Å²) in [5, 5.41) is 0.435. The fraction of sp³-hybridized carbons (Fsp3) is 0.304. The minimum Gasteiger partial charge on any atom is -0.481 e. The maximum atomic E-state index is 14.4. The van der Waals surface area contributed by atoms with Crippen LogP contribution in [0.3, 0.4) is 0 Å². The van der Waals surface area contributed by atoms with Gasteiger partial charge in [-0.25, -0.2) is 9.18 Å². The predicted molar refractivity (Wildman–Crippen MR) is 118 cm³/mol. The quantitative estimate of drug-likeness (QED) is 0.524. The van der Waals surface area contributed by atoms with Crippen molar-refractivity contribution >= 4 is 32.8 Å². The third-order valence-corrected chi connectivity index (χ3v) is 5.04. The maximum absolute atomic E-state index is 14.4. The standard InChI is InChI=1S/C23H23BrFNO4/c1-13-16(11-14-5-7-15(24)8-6-14)22(28)26-21-17(25)9-10-18(20(13)21)29-12-19(27)30-23(2,3)4/h5-10H,11-12H2,1-4H3,(H,26,28). The highest BCUT2D eigenvalue weighted by atomic mass is 79.9. The molecule has 1 N–H and O–H groups in total. The number of aromatic nitrogens is 1. The van der Waals surface area contributed by atoms with Crippen molar-refractivity contribution in [3.05, 3.63) is 73.7 Å². The first-order chi connectivity index (χ1) is 14.0. The number of rotatable bonds is 5. The van der Waals surface area contributed by atoms with Crippen molar-refractivity contribution in [3.63, 3.8) is 0 Å². The lowest BCUT2D eigenvalue weighted by Gasteiger charge is -2.20. The van der Waals surface area contributed by atoms with E-state index in [1.807, 2.05) is 24.3 Å². The second-order valence-corrected chi connectivity index (χ2v) is 8.95. The lowest BCUT2D eigenvalue weighted by Crippen LogP contribution is -2.27. The van der Waals surface area contributed by atoms with Gasteiger partial charge in [0, 0.05) is 21.8 Å². The van der Waals surface area contributed by atoms with E-state index in [1.165, 1.54) is 12.1 Å². The van der Waals surface area contributed by atoms with Crippen molar-refractivity contribution in [1.29, 1.82) is 0 Å². The summed E-state index contributed by atoms with van der Waals surface area (Å²) in [5.74, 6) is -0.787. The number of esters is 1. The van der Waals surface area contributed by atoms with Gasteiger partial charge in [-0.05, 0) is 63.1 Å². The van der Waals surface area contributed by atoms with Gasteiger partial charge in [-0.2, -0.15) is 0 Å². The summed E-state index contributed by atoms with van der Waals surface area (Å²) in [5.41, 5.74) is 1.13. The Labute approximate surface area is 182 Å². The molecule has 0 aliphatic carbocycles. The zero-order chi connectivity index (χ0) is 22.1. The highest BCUT2D eigenvalue weighted by Crippen LogP contribution is 2.31. The molecule has 0 aliphatic heterocycles. The zero-order valence-electron chi connectivity index (χ0n) is 17.3. The van der Waals surface area contributed by atoms with E-state index in [1.54, 1.807) is 27.7 Å². The van der Waals surface area contributed by atoms with Gasteiger partial charge in [0.15, 0.2) is 6.61 Å². The molecular weight excluding hydrogens is 453 g/mol. The number of ether oxygens (including phenoxy) is 2. The molecule has 3 rings (SSSR count). The van der Waals surface area contributed by atoms with Crippen LogP contribution in [0.1, 0.15) is 37.5 Å². The summed E-state index contributed by atoms with van der Waals surface area (Å²) in [6.07, 6.45) is 0.381. The number of nitrogens with one attached hydrogen (secondary N) is 1. The molecule has 0 atom stereocenters. The van der Waals surface area contributed by atoms with Crippen molar-refractivity contribution in [2.45, 2.75) is 39.7 Å². The lowest BCUT2D eigenvalue weighted by molar-refractivity contribution is -0.157. The van der Waals surface area contributed by atoms with Crippen molar-refractivity contribution in [3.8, 4) is 5.75 Å². The molecule has 0 amide bonds. The van der Waals surface area contributed by atoms with Gasteiger partial charge in [0.1, 0.15) is 17.2 Å². The number of aromatic amines is 1. The van der Waals surface area contributed by atoms with Gasteiger partial charge in [0.2, 0.25) is 0 Å². The molecule has 0 bridgehead atoms. The number of benzene rings is 2. The molecule has 0 saturated heterocycles. The first kappa shape index (κ1) is 22.0. The van der Waals surface area contributed by atoms with E-state index in [4.69, 9.17) is 9.47 Å². The number of aryl methyl sites for hydroxylation is 1. The third kappa shape index (κ3) is 5.08. The van der Waals surface area contributed by atoms with Crippen LogP contribution in [0, 0.1) is 12.7 Å². The SMILES string of the molecule is Cc1c(Cc2ccc(Br)cc2)c(=O)[nH]c2c(F)ccc(OCC(=O)OC(C)(C)C)c12. The van der Waals surface area contributed by atoms with Crippen molar-refractivity contribution in [1.82, 2.24) is 4.98 Å². The van der Waals surface area contributed by atoms with E-state index in [0.29, 0.717) is 28.7 Å². The predicted octanol–water partition coefficient (Wildman–Crippen LogP) is 5.05. The Kier molecular flexibility index (Phi) is 6.31. The van der Waals surface area contributed by atoms with E-state index < -0.39 is 17.4 Å². The number of hydrogen-bond donors (Lipinski definition) is 1. The second kappa shape index (κ2) is 8.60. The molecule has 158 valence electrons. The Morgan fingerprint density at radius 1 is 1.13 bits per heavy atom. The van der Waals surface area contributed by atoms with Gasteiger partial charge in [-0.3, -0.25) is 4.79 Å². The number of hydrogen-bond acceptors (Lipinski definition) is 4. The van der Waals surface area contributed by atoms with E-state index >= 15 is 0 Å². The summed E-state index contributed by atoms with van der Waals surface area (Å²) in [4.78, 5) is 27.3. The van der Waals surface area contributed by atoms with Crippen LogP contribution in [0.15, 0.2) is 45.7 Å². The topological polar surface area (TPSA) is 68.4 Å². The molecular formula is C23H23BrFNO4. The Morgan fingerprint density at radius 3 is 2.43 bits per heavy atom. The van der Waals surface area contributed by atoms with Crippen LogP contribution in [0.4, 0.5) is 4.39 Å². The van der Waals surface area contributed by atoms with E-state index in [2.05, 4.69) is 20.9 Å².